The maximum Gasteiger partial charge on any atom is 0.305 e. The molecule has 8 N–H and O–H groups in total. The Morgan fingerprint density at radius 2 is 1.77 bits per heavy atom. The molecule has 0 bridgehead atoms. The Balaban J connectivity index is 0.00000107. The highest BCUT2D eigenvalue weighted by Gasteiger charge is 2.08. The van der Waals surface area contributed by atoms with E-state index in [0.717, 1.165) is 5.69 Å². The highest BCUT2D eigenvalue weighted by Crippen LogP contribution is 2.16. The van der Waals surface area contributed by atoms with E-state index in [1.807, 2.05) is 0 Å². The maximum absolute atomic E-state index is 11.9. The van der Waals surface area contributed by atoms with Gasteiger partial charge in [-0.3, -0.25) is 14.4 Å². The first-order valence-corrected chi connectivity index (χ1v) is 8.80. The summed E-state index contributed by atoms with van der Waals surface area (Å²) < 4.78 is 0. The van der Waals surface area contributed by atoms with E-state index in [2.05, 4.69) is 30.6 Å². The Morgan fingerprint density at radius 1 is 1.10 bits per heavy atom. The minimum atomic E-state index is -0.964. The molecular formula is C18H20N8O5. The monoisotopic (exact) mass is 428 g/mol. The van der Waals surface area contributed by atoms with Crippen LogP contribution in [-0.2, 0) is 16.1 Å². The summed E-state index contributed by atoms with van der Waals surface area (Å²) in [6.45, 7) is 0.199. The Bertz CT molecular complexity index is 1070. The first-order chi connectivity index (χ1) is 14.8. The molecule has 0 aliphatic carbocycles. The molecule has 0 saturated heterocycles. The SMILES string of the molecule is Nc1nc(N)c2nc(CNc3ccc(C(=O)NCCC(=O)O)cc3)cnc2n1.O=CO. The molecule has 0 spiro atoms. The van der Waals surface area contributed by atoms with Crippen molar-refractivity contribution in [1.82, 2.24) is 25.3 Å². The third-order valence-corrected chi connectivity index (χ3v) is 3.75. The number of carboxylic acids is 1. The van der Waals surface area contributed by atoms with Crippen molar-refractivity contribution in [3.63, 3.8) is 0 Å². The van der Waals surface area contributed by atoms with Crippen LogP contribution < -0.4 is 22.1 Å². The molecule has 0 saturated carbocycles. The number of carbonyl (C=O) groups excluding carboxylic acids is 1. The van der Waals surface area contributed by atoms with Gasteiger partial charge in [-0.25, -0.2) is 9.97 Å². The number of nitrogens with one attached hydrogen (secondary N) is 2. The summed E-state index contributed by atoms with van der Waals surface area (Å²) in [5.41, 5.74) is 13.9. The molecule has 0 fully saturated rings. The predicted molar refractivity (Wildman–Crippen MR) is 111 cm³/mol. The van der Waals surface area contributed by atoms with Crippen LogP contribution in [0.25, 0.3) is 11.2 Å². The van der Waals surface area contributed by atoms with Crippen LogP contribution in [0.3, 0.4) is 0 Å². The molecule has 0 aliphatic rings. The quantitative estimate of drug-likeness (QED) is 0.276. The second kappa shape index (κ2) is 10.8. The average Bonchev–Trinajstić information content (AvgIpc) is 2.73. The lowest BCUT2D eigenvalue weighted by atomic mass is 10.2. The first kappa shape index (κ1) is 22.7. The number of nitrogens with two attached hydrogens (primary N) is 2. The van der Waals surface area contributed by atoms with Gasteiger partial charge in [0.25, 0.3) is 12.4 Å². The molecule has 13 heteroatoms. The van der Waals surface area contributed by atoms with Gasteiger partial charge in [0.2, 0.25) is 5.95 Å². The molecule has 13 nitrogen and oxygen atoms in total. The van der Waals surface area contributed by atoms with Gasteiger partial charge in [0.15, 0.2) is 17.0 Å². The molecule has 3 aromatic rings. The minimum Gasteiger partial charge on any atom is -0.483 e. The molecular weight excluding hydrogens is 408 g/mol. The highest BCUT2D eigenvalue weighted by atomic mass is 16.4. The van der Waals surface area contributed by atoms with Crippen molar-refractivity contribution in [2.45, 2.75) is 13.0 Å². The van der Waals surface area contributed by atoms with Gasteiger partial charge in [-0.15, -0.1) is 0 Å². The third-order valence-electron chi connectivity index (χ3n) is 3.75. The third kappa shape index (κ3) is 6.77. The Morgan fingerprint density at radius 3 is 2.42 bits per heavy atom. The fourth-order valence-electron chi connectivity index (χ4n) is 2.39. The molecule has 3 rings (SSSR count). The van der Waals surface area contributed by atoms with Gasteiger partial charge < -0.3 is 32.3 Å². The van der Waals surface area contributed by atoms with Gasteiger partial charge >= 0.3 is 5.97 Å². The largest absolute Gasteiger partial charge is 0.483 e. The Hall–Kier alpha value is -4.55. The van der Waals surface area contributed by atoms with Crippen molar-refractivity contribution in [2.24, 2.45) is 0 Å². The van der Waals surface area contributed by atoms with E-state index in [1.54, 1.807) is 30.5 Å². The molecule has 162 valence electrons. The maximum atomic E-state index is 11.9. The zero-order chi connectivity index (χ0) is 22.8. The molecule has 2 aromatic heterocycles. The van der Waals surface area contributed by atoms with Crippen LogP contribution in [0.1, 0.15) is 22.5 Å². The topological polar surface area (TPSA) is 219 Å². The van der Waals surface area contributed by atoms with Crippen LogP contribution in [0, 0.1) is 0 Å². The van der Waals surface area contributed by atoms with Gasteiger partial charge in [-0.1, -0.05) is 0 Å². The second-order valence-electron chi connectivity index (χ2n) is 5.94. The fourth-order valence-corrected chi connectivity index (χ4v) is 2.39. The normalized spacial score (nSPS) is 9.94. The lowest BCUT2D eigenvalue weighted by molar-refractivity contribution is -0.136. The molecule has 0 radical (unpaired) electrons. The van der Waals surface area contributed by atoms with Crippen LogP contribution in [-0.4, -0.2) is 55.0 Å². The van der Waals surface area contributed by atoms with Crippen LogP contribution in [0.4, 0.5) is 17.5 Å². The average molecular weight is 428 g/mol. The Labute approximate surface area is 175 Å². The fraction of sp³-hybridized carbons (Fsp3) is 0.167. The summed E-state index contributed by atoms with van der Waals surface area (Å²) in [6.07, 6.45) is 1.44. The van der Waals surface area contributed by atoms with Crippen LogP contribution in [0.15, 0.2) is 30.5 Å². The summed E-state index contributed by atoms with van der Waals surface area (Å²) in [7, 11) is 0. The Kier molecular flexibility index (Phi) is 7.96. The van der Waals surface area contributed by atoms with Crippen molar-refractivity contribution in [3.05, 3.63) is 41.7 Å². The second-order valence-corrected chi connectivity index (χ2v) is 5.94. The van der Waals surface area contributed by atoms with E-state index in [-0.39, 0.29) is 37.1 Å². The van der Waals surface area contributed by atoms with Crippen molar-refractivity contribution in [1.29, 1.82) is 0 Å². The zero-order valence-corrected chi connectivity index (χ0v) is 16.1. The molecule has 1 amide bonds. The standard InChI is InChI=1S/C17H18N8O3.CH2O2/c18-14-13-15(25-17(19)24-14)22-8-11(23-13)7-21-10-3-1-9(2-4-10)16(28)20-6-5-12(26)27;2-1-3/h1-4,8,21H,5-7H2,(H,20,28)(H,26,27)(H4,18,19,22,24,25);1H,(H,2,3). The number of carbonyl (C=O) groups is 3. The van der Waals surface area contributed by atoms with E-state index in [9.17, 15) is 9.59 Å². The minimum absolute atomic E-state index is 0.0391. The number of nitrogens with zero attached hydrogens (tertiary/aromatic N) is 4. The van der Waals surface area contributed by atoms with E-state index in [0.29, 0.717) is 29.0 Å². The van der Waals surface area contributed by atoms with Crippen molar-refractivity contribution >= 4 is 47.0 Å². The zero-order valence-electron chi connectivity index (χ0n) is 16.1. The van der Waals surface area contributed by atoms with Crippen molar-refractivity contribution < 1.29 is 24.6 Å². The lowest BCUT2D eigenvalue weighted by Gasteiger charge is -2.08. The van der Waals surface area contributed by atoms with E-state index < -0.39 is 5.97 Å². The number of aromatic nitrogens is 4. The van der Waals surface area contributed by atoms with Gasteiger partial charge in [0.05, 0.1) is 24.9 Å². The molecule has 0 atom stereocenters. The number of carboxylic acid groups (broad SMARTS) is 2. The number of hydrogen-bond donors (Lipinski definition) is 6. The smallest absolute Gasteiger partial charge is 0.305 e. The summed E-state index contributed by atoms with van der Waals surface area (Å²) in [5.74, 6) is -1.09. The van der Waals surface area contributed by atoms with Gasteiger partial charge in [-0.05, 0) is 24.3 Å². The summed E-state index contributed by atoms with van der Waals surface area (Å²) in [5, 5.41) is 21.2. The molecule has 31 heavy (non-hydrogen) atoms. The summed E-state index contributed by atoms with van der Waals surface area (Å²) in [6, 6.07) is 6.75. The molecule has 0 aliphatic heterocycles. The summed E-state index contributed by atoms with van der Waals surface area (Å²) >= 11 is 0. The first-order valence-electron chi connectivity index (χ1n) is 8.80. The van der Waals surface area contributed by atoms with Crippen LogP contribution in [0.2, 0.25) is 0 Å². The van der Waals surface area contributed by atoms with Crippen molar-refractivity contribution in [3.8, 4) is 0 Å². The van der Waals surface area contributed by atoms with Crippen molar-refractivity contribution in [2.75, 3.05) is 23.3 Å². The molecule has 0 unspecified atom stereocenters. The summed E-state index contributed by atoms with van der Waals surface area (Å²) in [4.78, 5) is 47.2. The van der Waals surface area contributed by atoms with Gasteiger partial charge in [-0.2, -0.15) is 9.97 Å². The molecule has 2 heterocycles. The predicted octanol–water partition coefficient (Wildman–Crippen LogP) is 0.102. The van der Waals surface area contributed by atoms with Gasteiger partial charge in [0.1, 0.15) is 0 Å². The number of hydrogen-bond acceptors (Lipinski definition) is 10. The number of nitrogen functional groups attached to an aromatic ring is 2. The van der Waals surface area contributed by atoms with E-state index in [4.69, 9.17) is 26.5 Å². The lowest BCUT2D eigenvalue weighted by Crippen LogP contribution is -2.25. The number of fused-ring (bicyclic) bond motifs is 1. The highest BCUT2D eigenvalue weighted by molar-refractivity contribution is 5.94. The van der Waals surface area contributed by atoms with E-state index in [1.165, 1.54) is 0 Å². The number of aliphatic carboxylic acids is 1. The van der Waals surface area contributed by atoms with Crippen LogP contribution >= 0.6 is 0 Å². The molecule has 1 aromatic carbocycles. The van der Waals surface area contributed by atoms with Crippen LogP contribution in [0.5, 0.6) is 0 Å². The number of amides is 1. The van der Waals surface area contributed by atoms with Gasteiger partial charge in [0, 0.05) is 17.8 Å². The number of anilines is 3. The number of rotatable bonds is 7. The van der Waals surface area contributed by atoms with E-state index >= 15 is 0 Å². The number of benzene rings is 1.